The van der Waals surface area contributed by atoms with Crippen LogP contribution in [0.1, 0.15) is 26.5 Å². The van der Waals surface area contributed by atoms with E-state index in [4.69, 9.17) is 5.73 Å². The fourth-order valence-electron chi connectivity index (χ4n) is 1.44. The summed E-state index contributed by atoms with van der Waals surface area (Å²) in [6.45, 7) is 5.09. The highest BCUT2D eigenvalue weighted by molar-refractivity contribution is 7.18. The van der Waals surface area contributed by atoms with Crippen molar-refractivity contribution < 1.29 is 4.79 Å². The summed E-state index contributed by atoms with van der Waals surface area (Å²) in [5, 5.41) is 7.37. The topological polar surface area (TPSA) is 92.9 Å². The van der Waals surface area contributed by atoms with Gasteiger partial charge in [0.05, 0.1) is 6.54 Å². The predicted octanol–water partition coefficient (Wildman–Crippen LogP) is 1.85. The third-order valence-electron chi connectivity index (χ3n) is 2.26. The molecule has 0 bridgehead atoms. The number of nitrogens with two attached hydrogens (primary N) is 1. The van der Waals surface area contributed by atoms with Gasteiger partial charge in [-0.2, -0.15) is 0 Å². The van der Waals surface area contributed by atoms with Crippen LogP contribution in [0.5, 0.6) is 0 Å². The number of aryl methyl sites for hydroxylation is 1. The first-order valence-corrected chi connectivity index (χ1v) is 7.43. The minimum absolute atomic E-state index is 0.216. The van der Waals surface area contributed by atoms with Crippen molar-refractivity contribution >= 4 is 39.5 Å². The number of aromatic nitrogens is 2. The second kappa shape index (κ2) is 5.98. The van der Waals surface area contributed by atoms with Gasteiger partial charge in [-0.05, 0) is 13.8 Å². The van der Waals surface area contributed by atoms with Gasteiger partial charge >= 0.3 is 0 Å². The minimum atomic E-state index is -0.216. The molecule has 6 nitrogen and oxygen atoms in total. The van der Waals surface area contributed by atoms with E-state index in [1.165, 1.54) is 11.3 Å². The van der Waals surface area contributed by atoms with Gasteiger partial charge in [0.25, 0.3) is 5.91 Å². The van der Waals surface area contributed by atoms with E-state index in [9.17, 15) is 4.79 Å². The SMILES string of the molecule is CCNc1nc(N)c(C(=O)NCc2ncc(C)s2)s1. The summed E-state index contributed by atoms with van der Waals surface area (Å²) in [5.74, 6) is 0.0424. The molecule has 2 heterocycles. The molecule has 2 aromatic heterocycles. The molecule has 2 rings (SSSR count). The van der Waals surface area contributed by atoms with E-state index in [0.717, 1.165) is 16.4 Å². The minimum Gasteiger partial charge on any atom is -0.382 e. The van der Waals surface area contributed by atoms with Gasteiger partial charge < -0.3 is 16.4 Å². The van der Waals surface area contributed by atoms with Gasteiger partial charge in [-0.3, -0.25) is 4.79 Å². The van der Waals surface area contributed by atoms with Gasteiger partial charge in [-0.15, -0.1) is 11.3 Å². The van der Waals surface area contributed by atoms with E-state index in [1.54, 1.807) is 17.5 Å². The quantitative estimate of drug-likeness (QED) is 0.783. The highest BCUT2D eigenvalue weighted by atomic mass is 32.1. The van der Waals surface area contributed by atoms with Gasteiger partial charge in [-0.1, -0.05) is 11.3 Å². The molecular weight excluding hydrogens is 282 g/mol. The van der Waals surface area contributed by atoms with E-state index >= 15 is 0 Å². The number of nitrogen functional groups attached to an aromatic ring is 1. The van der Waals surface area contributed by atoms with Crippen molar-refractivity contribution in [2.75, 3.05) is 17.6 Å². The van der Waals surface area contributed by atoms with E-state index in [1.807, 2.05) is 13.8 Å². The monoisotopic (exact) mass is 297 g/mol. The molecule has 0 aliphatic heterocycles. The van der Waals surface area contributed by atoms with Crippen LogP contribution in [0.3, 0.4) is 0 Å². The summed E-state index contributed by atoms with van der Waals surface area (Å²) in [5.41, 5.74) is 5.73. The molecule has 0 saturated heterocycles. The Kier molecular flexibility index (Phi) is 4.33. The molecule has 0 fully saturated rings. The number of amides is 1. The third-order valence-corrected chi connectivity index (χ3v) is 4.20. The lowest BCUT2D eigenvalue weighted by Crippen LogP contribution is -2.22. The molecule has 2 aromatic rings. The van der Waals surface area contributed by atoms with Gasteiger partial charge in [0, 0.05) is 17.6 Å². The zero-order valence-corrected chi connectivity index (χ0v) is 12.3. The third kappa shape index (κ3) is 3.42. The first-order valence-electron chi connectivity index (χ1n) is 5.79. The molecule has 0 atom stereocenters. The number of anilines is 2. The Morgan fingerprint density at radius 2 is 2.26 bits per heavy atom. The fraction of sp³-hybridized carbons (Fsp3) is 0.364. The second-order valence-electron chi connectivity index (χ2n) is 3.81. The highest BCUT2D eigenvalue weighted by Gasteiger charge is 2.16. The molecule has 0 radical (unpaired) electrons. The van der Waals surface area contributed by atoms with Crippen LogP contribution in [0.15, 0.2) is 6.20 Å². The van der Waals surface area contributed by atoms with E-state index in [2.05, 4.69) is 20.6 Å². The maximum atomic E-state index is 12.0. The average Bonchev–Trinajstić information content (AvgIpc) is 2.93. The van der Waals surface area contributed by atoms with Crippen molar-refractivity contribution in [3.8, 4) is 0 Å². The molecule has 19 heavy (non-hydrogen) atoms. The number of nitrogens with one attached hydrogen (secondary N) is 2. The number of thiazole rings is 2. The van der Waals surface area contributed by atoms with Crippen LogP contribution in [0.2, 0.25) is 0 Å². The highest BCUT2D eigenvalue weighted by Crippen LogP contribution is 2.24. The summed E-state index contributed by atoms with van der Waals surface area (Å²) in [6, 6.07) is 0. The molecule has 102 valence electrons. The first kappa shape index (κ1) is 13.8. The van der Waals surface area contributed by atoms with Crippen LogP contribution in [-0.2, 0) is 6.54 Å². The zero-order valence-electron chi connectivity index (χ0n) is 10.7. The lowest BCUT2D eigenvalue weighted by Gasteiger charge is -2.00. The molecule has 0 aromatic carbocycles. The summed E-state index contributed by atoms with van der Waals surface area (Å²) in [6.07, 6.45) is 1.79. The largest absolute Gasteiger partial charge is 0.382 e. The molecule has 4 N–H and O–H groups in total. The Labute approximate surface area is 119 Å². The number of hydrogen-bond acceptors (Lipinski definition) is 7. The molecule has 1 amide bonds. The first-order chi connectivity index (χ1) is 9.10. The summed E-state index contributed by atoms with van der Waals surface area (Å²) < 4.78 is 0. The molecule has 0 aliphatic carbocycles. The predicted molar refractivity (Wildman–Crippen MR) is 78.7 cm³/mol. The van der Waals surface area contributed by atoms with Crippen molar-refractivity contribution in [3.63, 3.8) is 0 Å². The van der Waals surface area contributed by atoms with Crippen LogP contribution in [-0.4, -0.2) is 22.4 Å². The van der Waals surface area contributed by atoms with Crippen LogP contribution in [0, 0.1) is 6.92 Å². The lowest BCUT2D eigenvalue weighted by molar-refractivity contribution is 0.0955. The van der Waals surface area contributed by atoms with Crippen molar-refractivity contribution in [1.82, 2.24) is 15.3 Å². The van der Waals surface area contributed by atoms with Crippen LogP contribution >= 0.6 is 22.7 Å². The number of hydrogen-bond donors (Lipinski definition) is 3. The summed E-state index contributed by atoms with van der Waals surface area (Å²) >= 11 is 2.82. The van der Waals surface area contributed by atoms with Crippen molar-refractivity contribution in [1.29, 1.82) is 0 Å². The Balaban J connectivity index is 1.99. The Morgan fingerprint density at radius 1 is 1.47 bits per heavy atom. The van der Waals surface area contributed by atoms with Crippen molar-refractivity contribution in [3.05, 3.63) is 21.0 Å². The summed E-state index contributed by atoms with van der Waals surface area (Å²) in [4.78, 5) is 21.8. The number of rotatable bonds is 5. The van der Waals surface area contributed by atoms with Gasteiger partial charge in [-0.25, -0.2) is 9.97 Å². The van der Waals surface area contributed by atoms with Crippen LogP contribution < -0.4 is 16.4 Å². The van der Waals surface area contributed by atoms with E-state index in [-0.39, 0.29) is 11.7 Å². The maximum absolute atomic E-state index is 12.0. The van der Waals surface area contributed by atoms with Crippen LogP contribution in [0.4, 0.5) is 10.9 Å². The zero-order chi connectivity index (χ0) is 13.8. The van der Waals surface area contributed by atoms with Crippen LogP contribution in [0.25, 0.3) is 0 Å². The van der Waals surface area contributed by atoms with Gasteiger partial charge in [0.2, 0.25) is 0 Å². The second-order valence-corrected chi connectivity index (χ2v) is 6.13. The Hall–Kier alpha value is -1.67. The van der Waals surface area contributed by atoms with E-state index < -0.39 is 0 Å². The van der Waals surface area contributed by atoms with Crippen molar-refractivity contribution in [2.24, 2.45) is 0 Å². The standard InChI is InChI=1S/C11H15N5OS2/c1-3-13-11-16-9(12)8(19-11)10(17)15-5-7-14-4-6(2)18-7/h4H,3,5,12H2,1-2H3,(H,13,16)(H,15,17). The smallest absolute Gasteiger partial charge is 0.265 e. The molecule has 0 aliphatic rings. The fourth-order valence-corrected chi connectivity index (χ4v) is 3.04. The molecule has 0 unspecified atom stereocenters. The average molecular weight is 297 g/mol. The number of carbonyl (C=O) groups excluding carboxylic acids is 1. The Bertz CT molecular complexity index is 577. The van der Waals surface area contributed by atoms with E-state index in [0.29, 0.717) is 16.6 Å². The van der Waals surface area contributed by atoms with Gasteiger partial charge in [0.15, 0.2) is 5.13 Å². The van der Waals surface area contributed by atoms with Crippen molar-refractivity contribution in [2.45, 2.75) is 20.4 Å². The molecular formula is C11H15N5OS2. The van der Waals surface area contributed by atoms with Gasteiger partial charge in [0.1, 0.15) is 15.7 Å². The normalized spacial score (nSPS) is 10.4. The molecule has 8 heteroatoms. The maximum Gasteiger partial charge on any atom is 0.265 e. The Morgan fingerprint density at radius 3 is 2.89 bits per heavy atom. The lowest BCUT2D eigenvalue weighted by atomic mass is 10.4. The number of carbonyl (C=O) groups is 1. The molecule has 0 saturated carbocycles. The molecule has 0 spiro atoms. The summed E-state index contributed by atoms with van der Waals surface area (Å²) in [7, 11) is 0. The number of nitrogens with zero attached hydrogens (tertiary/aromatic N) is 2.